The van der Waals surface area contributed by atoms with E-state index >= 15 is 0 Å². The van der Waals surface area contributed by atoms with Gasteiger partial charge < -0.3 is 5.32 Å². The molecule has 3 nitrogen and oxygen atoms in total. The molecule has 0 aliphatic heterocycles. The first-order valence-electron chi connectivity index (χ1n) is 6.45. The minimum Gasteiger partial charge on any atom is -0.355 e. The standard InChI is InChI=1S/C13H20N2OS/c1-10-9-15-12(17-10)7-8-14-13(16)11-5-3-2-4-6-11/h9,11H,2-8H2,1H3,(H,14,16). The molecule has 0 spiro atoms. The summed E-state index contributed by atoms with van der Waals surface area (Å²) < 4.78 is 0. The van der Waals surface area contributed by atoms with Gasteiger partial charge >= 0.3 is 0 Å². The maximum absolute atomic E-state index is 11.9. The first-order chi connectivity index (χ1) is 8.25. The van der Waals surface area contributed by atoms with Crippen molar-refractivity contribution in [3.05, 3.63) is 16.1 Å². The zero-order chi connectivity index (χ0) is 12.1. The predicted octanol–water partition coefficient (Wildman–Crippen LogP) is 2.69. The van der Waals surface area contributed by atoms with Gasteiger partial charge in [0, 0.05) is 30.0 Å². The van der Waals surface area contributed by atoms with Crippen LogP contribution in [0.5, 0.6) is 0 Å². The van der Waals surface area contributed by atoms with Crippen molar-refractivity contribution in [3.8, 4) is 0 Å². The van der Waals surface area contributed by atoms with Crippen LogP contribution >= 0.6 is 11.3 Å². The molecule has 1 aliphatic rings. The molecule has 0 radical (unpaired) electrons. The summed E-state index contributed by atoms with van der Waals surface area (Å²) >= 11 is 1.71. The smallest absolute Gasteiger partial charge is 0.223 e. The first-order valence-corrected chi connectivity index (χ1v) is 7.26. The van der Waals surface area contributed by atoms with Gasteiger partial charge in [0.05, 0.1) is 5.01 Å². The SMILES string of the molecule is Cc1cnc(CCNC(=O)C2CCCCC2)s1. The molecule has 0 aromatic carbocycles. The molecule has 1 amide bonds. The van der Waals surface area contributed by atoms with Crippen LogP contribution < -0.4 is 5.32 Å². The van der Waals surface area contributed by atoms with Crippen molar-refractivity contribution < 1.29 is 4.79 Å². The average molecular weight is 252 g/mol. The lowest BCUT2D eigenvalue weighted by molar-refractivity contribution is -0.125. The van der Waals surface area contributed by atoms with E-state index in [1.54, 1.807) is 11.3 Å². The molecule has 1 aromatic rings. The highest BCUT2D eigenvalue weighted by Crippen LogP contribution is 2.23. The number of hydrogen-bond donors (Lipinski definition) is 1. The number of nitrogens with zero attached hydrogens (tertiary/aromatic N) is 1. The van der Waals surface area contributed by atoms with Gasteiger partial charge in [-0.25, -0.2) is 4.98 Å². The largest absolute Gasteiger partial charge is 0.355 e. The van der Waals surface area contributed by atoms with Gasteiger partial charge in [0.2, 0.25) is 5.91 Å². The number of thiazole rings is 1. The molecule has 0 bridgehead atoms. The summed E-state index contributed by atoms with van der Waals surface area (Å²) in [6.07, 6.45) is 8.61. The van der Waals surface area contributed by atoms with Gasteiger partial charge in [-0.3, -0.25) is 4.79 Å². The second-order valence-corrected chi connectivity index (χ2v) is 6.06. The van der Waals surface area contributed by atoms with Crippen LogP contribution in [0, 0.1) is 12.8 Å². The van der Waals surface area contributed by atoms with E-state index in [2.05, 4.69) is 17.2 Å². The lowest BCUT2D eigenvalue weighted by Gasteiger charge is -2.20. The van der Waals surface area contributed by atoms with Crippen molar-refractivity contribution in [1.82, 2.24) is 10.3 Å². The highest BCUT2D eigenvalue weighted by molar-refractivity contribution is 7.11. The van der Waals surface area contributed by atoms with Gasteiger partial charge in [0.15, 0.2) is 0 Å². The first kappa shape index (κ1) is 12.6. The molecule has 94 valence electrons. The summed E-state index contributed by atoms with van der Waals surface area (Å²) in [7, 11) is 0. The van der Waals surface area contributed by atoms with E-state index < -0.39 is 0 Å². The summed E-state index contributed by atoms with van der Waals surface area (Å²) in [6.45, 7) is 2.78. The maximum Gasteiger partial charge on any atom is 0.223 e. The Kier molecular flexibility index (Phi) is 4.54. The molecule has 4 heteroatoms. The molecule has 0 unspecified atom stereocenters. The van der Waals surface area contributed by atoms with Gasteiger partial charge in [0.25, 0.3) is 0 Å². The van der Waals surface area contributed by atoms with Crippen LogP contribution in [-0.4, -0.2) is 17.4 Å². The fourth-order valence-electron chi connectivity index (χ4n) is 2.32. The van der Waals surface area contributed by atoms with Crippen LogP contribution in [0.1, 0.15) is 42.0 Å². The van der Waals surface area contributed by atoms with Crippen molar-refractivity contribution in [2.45, 2.75) is 45.4 Å². The number of carbonyl (C=O) groups is 1. The summed E-state index contributed by atoms with van der Waals surface area (Å²) in [5.74, 6) is 0.514. The number of rotatable bonds is 4. The molecule has 17 heavy (non-hydrogen) atoms. The molecule has 0 atom stereocenters. The minimum atomic E-state index is 0.248. The van der Waals surface area contributed by atoms with Gasteiger partial charge in [-0.1, -0.05) is 19.3 Å². The van der Waals surface area contributed by atoms with Crippen LogP contribution in [0.2, 0.25) is 0 Å². The quantitative estimate of drug-likeness (QED) is 0.895. The molecular weight excluding hydrogens is 232 g/mol. The van der Waals surface area contributed by atoms with E-state index in [1.165, 1.54) is 24.1 Å². The van der Waals surface area contributed by atoms with Gasteiger partial charge in [-0.15, -0.1) is 11.3 Å². The van der Waals surface area contributed by atoms with E-state index in [4.69, 9.17) is 0 Å². The van der Waals surface area contributed by atoms with E-state index in [-0.39, 0.29) is 11.8 Å². The minimum absolute atomic E-state index is 0.248. The van der Waals surface area contributed by atoms with Gasteiger partial charge in [-0.2, -0.15) is 0 Å². The third kappa shape index (κ3) is 3.80. The Morgan fingerprint density at radius 2 is 2.24 bits per heavy atom. The predicted molar refractivity (Wildman–Crippen MR) is 70.1 cm³/mol. The van der Waals surface area contributed by atoms with Crippen molar-refractivity contribution in [1.29, 1.82) is 0 Å². The molecule has 1 heterocycles. The number of carbonyl (C=O) groups excluding carboxylic acids is 1. The number of amides is 1. The zero-order valence-electron chi connectivity index (χ0n) is 10.4. The summed E-state index contributed by atoms with van der Waals surface area (Å²) in [5, 5.41) is 4.15. The fraction of sp³-hybridized carbons (Fsp3) is 0.692. The molecule has 1 aromatic heterocycles. The second-order valence-electron chi connectivity index (χ2n) is 4.74. The summed E-state index contributed by atoms with van der Waals surface area (Å²) in [4.78, 5) is 17.4. The monoisotopic (exact) mass is 252 g/mol. The van der Waals surface area contributed by atoms with Crippen molar-refractivity contribution in [2.24, 2.45) is 5.92 Å². The highest BCUT2D eigenvalue weighted by Gasteiger charge is 2.20. The Morgan fingerprint density at radius 3 is 2.88 bits per heavy atom. The van der Waals surface area contributed by atoms with Crippen LogP contribution in [-0.2, 0) is 11.2 Å². The maximum atomic E-state index is 11.9. The van der Waals surface area contributed by atoms with Gasteiger partial charge in [-0.05, 0) is 19.8 Å². The van der Waals surface area contributed by atoms with Crippen molar-refractivity contribution in [2.75, 3.05) is 6.54 Å². The van der Waals surface area contributed by atoms with Crippen LogP contribution in [0.4, 0.5) is 0 Å². The zero-order valence-corrected chi connectivity index (χ0v) is 11.2. The number of hydrogen-bond acceptors (Lipinski definition) is 3. The Morgan fingerprint density at radius 1 is 1.47 bits per heavy atom. The average Bonchev–Trinajstić information content (AvgIpc) is 2.76. The Hall–Kier alpha value is -0.900. The van der Waals surface area contributed by atoms with Crippen molar-refractivity contribution in [3.63, 3.8) is 0 Å². The summed E-state index contributed by atoms with van der Waals surface area (Å²) in [6, 6.07) is 0. The third-order valence-corrected chi connectivity index (χ3v) is 4.26. The highest BCUT2D eigenvalue weighted by atomic mass is 32.1. The van der Waals surface area contributed by atoms with E-state index in [1.807, 2.05) is 6.20 Å². The second kappa shape index (κ2) is 6.15. The lowest BCUT2D eigenvalue weighted by atomic mass is 9.89. The Bertz CT molecular complexity index is 369. The molecule has 2 rings (SSSR count). The van der Waals surface area contributed by atoms with Gasteiger partial charge in [0.1, 0.15) is 0 Å². The molecular formula is C13H20N2OS. The normalized spacial score (nSPS) is 17.0. The molecule has 1 N–H and O–H groups in total. The van der Waals surface area contributed by atoms with E-state index in [0.717, 1.165) is 30.8 Å². The number of aromatic nitrogens is 1. The summed E-state index contributed by atoms with van der Waals surface area (Å²) in [5.41, 5.74) is 0. The number of nitrogens with one attached hydrogen (secondary N) is 1. The van der Waals surface area contributed by atoms with Crippen LogP contribution in [0.15, 0.2) is 6.20 Å². The van der Waals surface area contributed by atoms with E-state index in [0.29, 0.717) is 0 Å². The van der Waals surface area contributed by atoms with E-state index in [9.17, 15) is 4.79 Å². The topological polar surface area (TPSA) is 42.0 Å². The fourth-order valence-corrected chi connectivity index (χ4v) is 3.11. The molecule has 1 aliphatic carbocycles. The third-order valence-electron chi connectivity index (χ3n) is 3.28. The molecule has 1 saturated carbocycles. The Balaban J connectivity index is 1.69. The molecule has 0 saturated heterocycles. The lowest BCUT2D eigenvalue weighted by Crippen LogP contribution is -2.33. The number of aryl methyl sites for hydroxylation is 1. The van der Waals surface area contributed by atoms with Crippen molar-refractivity contribution >= 4 is 17.2 Å². The van der Waals surface area contributed by atoms with Crippen LogP contribution in [0.25, 0.3) is 0 Å². The van der Waals surface area contributed by atoms with Crippen LogP contribution in [0.3, 0.4) is 0 Å². The molecule has 1 fully saturated rings. The Labute approximate surface area is 107 Å².